The summed E-state index contributed by atoms with van der Waals surface area (Å²) in [5.41, 5.74) is 10.4. The number of H-pyrrole nitrogens is 1. The number of phosphoric acid groups is 1. The van der Waals surface area contributed by atoms with Crippen LogP contribution in [0.3, 0.4) is 0 Å². The number of nitrogens with two attached hydrogens (primary N) is 2. The van der Waals surface area contributed by atoms with E-state index in [-0.39, 0.29) is 33.8 Å². The highest BCUT2D eigenvalue weighted by atomic mass is 31.2. The van der Waals surface area contributed by atoms with Crippen molar-refractivity contribution in [2.75, 3.05) is 24.7 Å². The van der Waals surface area contributed by atoms with Crippen LogP contribution < -0.4 is 17.0 Å². The van der Waals surface area contributed by atoms with Crippen LogP contribution in [0.4, 0.5) is 16.0 Å². The molecule has 4 aromatic heterocycles. The Balaban J connectivity index is 1.23. The molecule has 2 aliphatic rings. The fourth-order valence-electron chi connectivity index (χ4n) is 5.35. The third-order valence-corrected chi connectivity index (χ3v) is 8.78. The van der Waals surface area contributed by atoms with E-state index in [1.54, 1.807) is 0 Å². The lowest BCUT2D eigenvalue weighted by molar-refractivity contribution is -0.0608. The first-order valence-corrected chi connectivity index (χ1v) is 15.8. The van der Waals surface area contributed by atoms with Gasteiger partial charge in [-0.1, -0.05) is 0 Å². The van der Waals surface area contributed by atoms with Crippen LogP contribution in [0.15, 0.2) is 29.6 Å². The van der Waals surface area contributed by atoms with Crippen molar-refractivity contribution < 1.29 is 61.7 Å². The topological polar surface area (TPSA) is 315 Å². The molecule has 2 fully saturated rings. The number of anilines is 2. The second-order valence-electron chi connectivity index (χ2n) is 10.2. The number of nitrogens with one attached hydrogen (secondary N) is 1. The number of aliphatic hydroxyl groups is 3. The van der Waals surface area contributed by atoms with Crippen LogP contribution in [-0.4, -0.2) is 104 Å². The first kappa shape index (κ1) is 32.4. The van der Waals surface area contributed by atoms with E-state index in [4.69, 9.17) is 34.5 Å². The normalized spacial score (nSPS) is 29.9. The van der Waals surface area contributed by atoms with Crippen molar-refractivity contribution in [1.82, 2.24) is 29.1 Å². The molecule has 2 aliphatic heterocycles. The number of nitrogens with zero attached hydrogens (tertiary/aromatic N) is 5. The van der Waals surface area contributed by atoms with E-state index in [2.05, 4.69) is 19.9 Å². The summed E-state index contributed by atoms with van der Waals surface area (Å²) in [6.07, 6.45) is -9.44. The first-order valence-electron chi connectivity index (χ1n) is 13.2. The van der Waals surface area contributed by atoms with Gasteiger partial charge in [0.25, 0.3) is 5.56 Å². The molecule has 6 rings (SSSR count). The summed E-state index contributed by atoms with van der Waals surface area (Å²) >= 11 is 0. The summed E-state index contributed by atoms with van der Waals surface area (Å²) in [5, 5.41) is 31.3. The number of fused-ring (bicyclic) bond motifs is 2. The summed E-state index contributed by atoms with van der Waals surface area (Å²) in [6, 6.07) is 1.35. The predicted molar refractivity (Wildman–Crippen MR) is 149 cm³/mol. The minimum Gasteiger partial charge on any atom is -0.398 e. The summed E-state index contributed by atoms with van der Waals surface area (Å²) in [7, 11) is -8.56. The highest BCUT2D eigenvalue weighted by Gasteiger charge is 2.53. The van der Waals surface area contributed by atoms with E-state index >= 15 is 0 Å². The fraction of sp³-hybridized carbons (Fsp3) is 0.455. The smallest absolute Gasteiger partial charge is 0.398 e. The first-order chi connectivity index (χ1) is 21.8. The maximum Gasteiger partial charge on any atom is 0.695 e. The minimum atomic E-state index is -5.22. The average molecular weight is 691 g/mol. The number of nitrogen functional groups attached to an aromatic ring is 2. The molecule has 0 saturated carbocycles. The Labute approximate surface area is 255 Å². The average Bonchev–Trinajstić information content (AvgIpc) is 3.72. The number of hydrogen-bond acceptors (Lipinski definition) is 16. The molecule has 0 spiro atoms. The van der Waals surface area contributed by atoms with Gasteiger partial charge in [-0.15, -0.1) is 9.42 Å². The van der Waals surface area contributed by atoms with Gasteiger partial charge in [0, 0.05) is 22.6 Å². The summed E-state index contributed by atoms with van der Waals surface area (Å²) in [5.74, 6) is -1.10. The van der Waals surface area contributed by atoms with Gasteiger partial charge in [-0.3, -0.25) is 23.4 Å². The second kappa shape index (κ2) is 12.3. The highest BCUT2D eigenvalue weighted by Crippen LogP contribution is 2.50. The lowest BCUT2D eigenvalue weighted by Gasteiger charge is -2.24. The SMILES string of the molecule is Nc1nc2c(ncn2[C@@H]2O[C@H](CO)[C@@H](O)[C@H]2OP(=O)(O)OC[C@H]2O[C@@H](n3cc(F)c4c(N)ccnc43)[C@H](O)[C@@H]2O[P+](=O)O)c(=O)[nH]1. The summed E-state index contributed by atoms with van der Waals surface area (Å²) in [6.45, 7) is -1.66. The van der Waals surface area contributed by atoms with Crippen LogP contribution >= 0.6 is 16.1 Å². The maximum absolute atomic E-state index is 14.7. The molecule has 10 atom stereocenters. The second-order valence-corrected chi connectivity index (χ2v) is 12.3. The Morgan fingerprint density at radius 2 is 1.85 bits per heavy atom. The number of ether oxygens (including phenoxy) is 2. The molecule has 0 aromatic carbocycles. The number of phosphoric ester groups is 1. The largest absolute Gasteiger partial charge is 0.695 e. The lowest BCUT2D eigenvalue weighted by Crippen LogP contribution is -2.36. The number of imidazole rings is 1. The molecule has 10 N–H and O–H groups in total. The molecule has 248 valence electrons. The zero-order chi connectivity index (χ0) is 33.1. The third kappa shape index (κ3) is 5.79. The minimum absolute atomic E-state index is 0.0350. The number of pyridine rings is 1. The summed E-state index contributed by atoms with van der Waals surface area (Å²) < 4.78 is 68.1. The van der Waals surface area contributed by atoms with Crippen molar-refractivity contribution in [1.29, 1.82) is 0 Å². The number of aliphatic hydroxyl groups excluding tert-OH is 3. The predicted octanol–water partition coefficient (Wildman–Crippen LogP) is -1.48. The quantitative estimate of drug-likeness (QED) is 0.0879. The Hall–Kier alpha value is -3.50. The molecule has 4 aromatic rings. The number of hydrogen-bond donors (Lipinski definition) is 8. The highest BCUT2D eigenvalue weighted by molar-refractivity contribution is 7.47. The molecule has 0 aliphatic carbocycles. The number of aromatic amines is 1. The van der Waals surface area contributed by atoms with E-state index in [9.17, 15) is 43.4 Å². The molecule has 0 radical (unpaired) electrons. The van der Waals surface area contributed by atoms with Gasteiger partial charge < -0.3 is 45.7 Å². The van der Waals surface area contributed by atoms with E-state index in [0.717, 1.165) is 21.7 Å². The monoisotopic (exact) mass is 691 g/mol. The molecular weight excluding hydrogens is 665 g/mol. The van der Waals surface area contributed by atoms with Crippen molar-refractivity contribution in [3.8, 4) is 0 Å². The third-order valence-electron chi connectivity index (χ3n) is 7.37. The zero-order valence-electron chi connectivity index (χ0n) is 23.0. The van der Waals surface area contributed by atoms with E-state index in [1.807, 2.05) is 0 Å². The molecule has 6 heterocycles. The van der Waals surface area contributed by atoms with Crippen molar-refractivity contribution in [2.24, 2.45) is 0 Å². The Bertz CT molecular complexity index is 1910. The molecule has 2 unspecified atom stereocenters. The van der Waals surface area contributed by atoms with Gasteiger partial charge >= 0.3 is 16.1 Å². The fourth-order valence-corrected chi connectivity index (χ4v) is 6.75. The van der Waals surface area contributed by atoms with Crippen molar-refractivity contribution >= 4 is 49.9 Å². The van der Waals surface area contributed by atoms with E-state index in [1.165, 1.54) is 12.3 Å². The van der Waals surface area contributed by atoms with Crippen LogP contribution in [-0.2, 0) is 32.2 Å². The Morgan fingerprint density at radius 3 is 2.57 bits per heavy atom. The molecule has 0 bridgehead atoms. The lowest BCUT2D eigenvalue weighted by atomic mass is 10.1. The van der Waals surface area contributed by atoms with Crippen molar-refractivity contribution in [3.05, 3.63) is 41.0 Å². The number of aromatic nitrogens is 6. The van der Waals surface area contributed by atoms with Gasteiger partial charge in [0.1, 0.15) is 36.2 Å². The van der Waals surface area contributed by atoms with Crippen molar-refractivity contribution in [3.63, 3.8) is 0 Å². The van der Waals surface area contributed by atoms with Gasteiger partial charge in [0.15, 0.2) is 35.5 Å². The van der Waals surface area contributed by atoms with Crippen LogP contribution in [0.1, 0.15) is 12.5 Å². The zero-order valence-corrected chi connectivity index (χ0v) is 24.8. The van der Waals surface area contributed by atoms with Crippen LogP contribution in [0.2, 0.25) is 0 Å². The van der Waals surface area contributed by atoms with Crippen LogP contribution in [0.25, 0.3) is 22.2 Å². The van der Waals surface area contributed by atoms with Crippen LogP contribution in [0.5, 0.6) is 0 Å². The molecule has 46 heavy (non-hydrogen) atoms. The molecule has 2 saturated heterocycles. The van der Waals surface area contributed by atoms with E-state index < -0.39 is 89.7 Å². The molecule has 0 amide bonds. The Kier molecular flexibility index (Phi) is 8.65. The maximum atomic E-state index is 14.7. The molecule has 21 nitrogen and oxygen atoms in total. The van der Waals surface area contributed by atoms with Gasteiger partial charge in [-0.2, -0.15) is 4.98 Å². The van der Waals surface area contributed by atoms with Crippen molar-refractivity contribution in [2.45, 2.75) is 49.1 Å². The van der Waals surface area contributed by atoms with Crippen LogP contribution in [0, 0.1) is 5.82 Å². The molecular formula is C22H26FN8O13P2+. The Morgan fingerprint density at radius 1 is 1.11 bits per heavy atom. The van der Waals surface area contributed by atoms with Gasteiger partial charge in [-0.25, -0.2) is 18.9 Å². The van der Waals surface area contributed by atoms with Gasteiger partial charge in [-0.05, 0) is 6.07 Å². The standard InChI is InChI=1S/C22H25FN8O13P2/c23-7-3-30(17-11(7)8(24)1-2-26-17)20-14(34)15(43-45(36)37)10(42-20)5-40-46(38,39)44-16-13(33)9(4-32)41-21(16)31-6-27-12-18(31)28-22(25)29-19(12)35/h1-3,6,9-10,13-16,20-21,32-34H,4-5H2,(H6-,24,25,26,28,29,35,36,37,38,39)/p+1/t9-,10-,13-,14-,15-,16-,20-,21-/m1/s1. The number of rotatable bonds is 10. The van der Waals surface area contributed by atoms with E-state index in [0.29, 0.717) is 0 Å². The van der Waals surface area contributed by atoms with Gasteiger partial charge in [0.2, 0.25) is 5.95 Å². The van der Waals surface area contributed by atoms with Gasteiger partial charge in [0.05, 0.1) is 24.9 Å². The number of halogens is 1. The summed E-state index contributed by atoms with van der Waals surface area (Å²) in [4.78, 5) is 46.5. The molecule has 24 heteroatoms.